The number of aryl methyl sites for hydroxylation is 2. The maximum Gasteiger partial charge on any atom is 0.0674 e. The zero-order chi connectivity index (χ0) is 12.1. The van der Waals surface area contributed by atoms with Crippen LogP contribution in [0.5, 0.6) is 0 Å². The van der Waals surface area contributed by atoms with Crippen LogP contribution in [0.4, 0.5) is 5.69 Å². The lowest BCUT2D eigenvalue weighted by molar-refractivity contribution is 0.674. The van der Waals surface area contributed by atoms with E-state index in [0.29, 0.717) is 6.54 Å². The van der Waals surface area contributed by atoms with Gasteiger partial charge in [0.2, 0.25) is 0 Å². The molecule has 1 unspecified atom stereocenters. The molecule has 1 aromatic rings. The Bertz CT molecular complexity index is 384. The van der Waals surface area contributed by atoms with Crippen LogP contribution >= 0.6 is 11.6 Å². The zero-order valence-corrected chi connectivity index (χ0v) is 10.7. The lowest BCUT2D eigenvalue weighted by Gasteiger charge is -2.14. The third-order valence-electron chi connectivity index (χ3n) is 2.63. The summed E-state index contributed by atoms with van der Waals surface area (Å²) in [5.74, 6) is 0.0387. The first-order valence-electron chi connectivity index (χ1n) is 5.48. The molecule has 0 fully saturated rings. The highest BCUT2D eigenvalue weighted by atomic mass is 35.5. The fraction of sp³-hybridized carbons (Fsp3) is 0.462. The van der Waals surface area contributed by atoms with Crippen LogP contribution in [0.2, 0.25) is 5.02 Å². The van der Waals surface area contributed by atoms with E-state index in [1.54, 1.807) is 0 Å². The number of hydrogen-bond acceptors (Lipinski definition) is 2. The number of benzene rings is 1. The van der Waals surface area contributed by atoms with Gasteiger partial charge in [0.05, 0.1) is 22.7 Å². The van der Waals surface area contributed by atoms with Crippen LogP contribution in [0.25, 0.3) is 0 Å². The van der Waals surface area contributed by atoms with Crippen LogP contribution in [0.1, 0.15) is 24.5 Å². The molecule has 3 heteroatoms. The Hall–Kier alpha value is -1.20. The molecule has 0 saturated heterocycles. The zero-order valence-electron chi connectivity index (χ0n) is 9.97. The van der Waals surface area contributed by atoms with Gasteiger partial charge >= 0.3 is 0 Å². The van der Waals surface area contributed by atoms with E-state index in [2.05, 4.69) is 17.5 Å². The van der Waals surface area contributed by atoms with Crippen molar-refractivity contribution in [2.45, 2.75) is 27.2 Å². The minimum absolute atomic E-state index is 0.0387. The van der Waals surface area contributed by atoms with Crippen LogP contribution < -0.4 is 5.32 Å². The summed E-state index contributed by atoms with van der Waals surface area (Å²) in [6.45, 7) is 6.71. The predicted octanol–water partition coefficient (Wildman–Crippen LogP) is 3.92. The maximum absolute atomic E-state index is 8.86. The van der Waals surface area contributed by atoms with Gasteiger partial charge in [-0.05, 0) is 37.5 Å². The number of hydrogen-bond donors (Lipinski definition) is 1. The predicted molar refractivity (Wildman–Crippen MR) is 68.8 cm³/mol. The van der Waals surface area contributed by atoms with Crippen molar-refractivity contribution in [2.24, 2.45) is 5.92 Å². The van der Waals surface area contributed by atoms with Gasteiger partial charge < -0.3 is 5.32 Å². The van der Waals surface area contributed by atoms with Crippen molar-refractivity contribution >= 4 is 17.3 Å². The fourth-order valence-electron chi connectivity index (χ4n) is 1.65. The van der Waals surface area contributed by atoms with E-state index in [0.717, 1.165) is 28.3 Å². The summed E-state index contributed by atoms with van der Waals surface area (Å²) >= 11 is 6.16. The molecule has 0 aliphatic carbocycles. The Labute approximate surface area is 102 Å². The molecule has 2 nitrogen and oxygen atoms in total. The first kappa shape index (κ1) is 12.9. The monoisotopic (exact) mass is 236 g/mol. The van der Waals surface area contributed by atoms with Crippen molar-refractivity contribution < 1.29 is 0 Å². The first-order chi connectivity index (χ1) is 7.58. The van der Waals surface area contributed by atoms with E-state index in [9.17, 15) is 0 Å². The van der Waals surface area contributed by atoms with Crippen molar-refractivity contribution in [1.82, 2.24) is 0 Å². The van der Waals surface area contributed by atoms with E-state index in [4.69, 9.17) is 16.9 Å². The van der Waals surface area contributed by atoms with Gasteiger partial charge in [-0.1, -0.05) is 24.6 Å². The molecular formula is C13H17ClN2. The van der Waals surface area contributed by atoms with E-state index in [1.807, 2.05) is 26.8 Å². The van der Waals surface area contributed by atoms with Gasteiger partial charge in [-0.25, -0.2) is 0 Å². The normalized spacial score (nSPS) is 11.9. The van der Waals surface area contributed by atoms with Gasteiger partial charge in [0.1, 0.15) is 0 Å². The summed E-state index contributed by atoms with van der Waals surface area (Å²) in [5, 5.41) is 12.8. The van der Waals surface area contributed by atoms with Crippen LogP contribution in [0.15, 0.2) is 12.1 Å². The lowest BCUT2D eigenvalue weighted by atomic mass is 10.1. The van der Waals surface area contributed by atoms with Crippen molar-refractivity contribution in [2.75, 3.05) is 11.9 Å². The maximum atomic E-state index is 8.86. The Morgan fingerprint density at radius 1 is 1.44 bits per heavy atom. The largest absolute Gasteiger partial charge is 0.382 e. The highest BCUT2D eigenvalue weighted by Gasteiger charge is 2.08. The van der Waals surface area contributed by atoms with Crippen molar-refractivity contribution in [3.8, 4) is 6.07 Å². The quantitative estimate of drug-likeness (QED) is 0.860. The number of halogens is 1. The van der Waals surface area contributed by atoms with Crippen LogP contribution in [0.3, 0.4) is 0 Å². The molecule has 0 aliphatic heterocycles. The molecule has 0 bridgehead atoms. The minimum Gasteiger partial charge on any atom is -0.382 e. The number of nitrogens with zero attached hydrogens (tertiary/aromatic N) is 1. The Morgan fingerprint density at radius 2 is 2.12 bits per heavy atom. The van der Waals surface area contributed by atoms with Gasteiger partial charge in [0.15, 0.2) is 0 Å². The first-order valence-corrected chi connectivity index (χ1v) is 5.86. The minimum atomic E-state index is 0.0387. The standard InChI is InChI=1S/C13H17ClN2/c1-4-11(7-15)8-16-13-10(3)5-9(2)6-12(13)14/h5-6,11,16H,4,8H2,1-3H3. The number of nitriles is 1. The topological polar surface area (TPSA) is 35.8 Å². The van der Waals surface area contributed by atoms with Gasteiger partial charge in [0.25, 0.3) is 0 Å². The van der Waals surface area contributed by atoms with Crippen molar-refractivity contribution in [1.29, 1.82) is 5.26 Å². The second-order valence-electron chi connectivity index (χ2n) is 4.05. The summed E-state index contributed by atoms with van der Waals surface area (Å²) in [6.07, 6.45) is 0.853. The molecule has 1 rings (SSSR count). The molecule has 0 saturated carbocycles. The van der Waals surface area contributed by atoms with Crippen molar-refractivity contribution in [3.63, 3.8) is 0 Å². The summed E-state index contributed by atoms with van der Waals surface area (Å²) in [7, 11) is 0. The van der Waals surface area contributed by atoms with Gasteiger partial charge in [-0.3, -0.25) is 0 Å². The molecule has 16 heavy (non-hydrogen) atoms. The van der Waals surface area contributed by atoms with E-state index in [1.165, 1.54) is 0 Å². The average molecular weight is 237 g/mol. The van der Waals surface area contributed by atoms with Gasteiger partial charge in [-0.2, -0.15) is 5.26 Å². The van der Waals surface area contributed by atoms with E-state index in [-0.39, 0.29) is 5.92 Å². The summed E-state index contributed by atoms with van der Waals surface area (Å²) in [5.41, 5.74) is 3.22. The van der Waals surface area contributed by atoms with Gasteiger partial charge in [-0.15, -0.1) is 0 Å². The van der Waals surface area contributed by atoms with Crippen molar-refractivity contribution in [3.05, 3.63) is 28.3 Å². The van der Waals surface area contributed by atoms with Gasteiger partial charge in [0, 0.05) is 6.54 Å². The molecule has 1 N–H and O–H groups in total. The number of nitrogens with one attached hydrogen (secondary N) is 1. The fourth-order valence-corrected chi connectivity index (χ4v) is 2.03. The van der Waals surface area contributed by atoms with Crippen LogP contribution in [0, 0.1) is 31.1 Å². The number of anilines is 1. The van der Waals surface area contributed by atoms with Crippen LogP contribution in [-0.2, 0) is 0 Å². The SMILES string of the molecule is CCC(C#N)CNc1c(C)cc(C)cc1Cl. The molecule has 0 radical (unpaired) electrons. The summed E-state index contributed by atoms with van der Waals surface area (Å²) in [6, 6.07) is 6.29. The molecule has 1 atom stereocenters. The molecule has 86 valence electrons. The molecule has 0 aliphatic rings. The highest BCUT2D eigenvalue weighted by molar-refractivity contribution is 6.33. The molecule has 1 aromatic carbocycles. The molecule has 0 heterocycles. The Kier molecular flexibility index (Phi) is 4.64. The molecule has 0 aromatic heterocycles. The Balaban J connectivity index is 2.79. The second kappa shape index (κ2) is 5.77. The number of rotatable bonds is 4. The third kappa shape index (κ3) is 3.15. The highest BCUT2D eigenvalue weighted by Crippen LogP contribution is 2.27. The lowest BCUT2D eigenvalue weighted by Crippen LogP contribution is -2.12. The molecule has 0 amide bonds. The molecule has 0 spiro atoms. The summed E-state index contributed by atoms with van der Waals surface area (Å²) in [4.78, 5) is 0. The van der Waals surface area contributed by atoms with E-state index < -0.39 is 0 Å². The smallest absolute Gasteiger partial charge is 0.0674 e. The molecular weight excluding hydrogens is 220 g/mol. The van der Waals surface area contributed by atoms with Crippen LogP contribution in [-0.4, -0.2) is 6.54 Å². The Morgan fingerprint density at radius 3 is 2.62 bits per heavy atom. The third-order valence-corrected chi connectivity index (χ3v) is 2.93. The summed E-state index contributed by atoms with van der Waals surface area (Å²) < 4.78 is 0. The van der Waals surface area contributed by atoms with E-state index >= 15 is 0 Å². The average Bonchev–Trinajstić information content (AvgIpc) is 2.22. The second-order valence-corrected chi connectivity index (χ2v) is 4.46.